The highest BCUT2D eigenvalue weighted by atomic mass is 32.2. The van der Waals surface area contributed by atoms with Crippen LogP contribution in [0.1, 0.15) is 19.4 Å². The Hall–Kier alpha value is -1.82. The number of nitrogens with one attached hydrogen (secondary N) is 1. The highest BCUT2D eigenvalue weighted by Crippen LogP contribution is 2.33. The van der Waals surface area contributed by atoms with Crippen LogP contribution in [0.3, 0.4) is 0 Å². The van der Waals surface area contributed by atoms with Gasteiger partial charge in [0.25, 0.3) is 0 Å². The van der Waals surface area contributed by atoms with Gasteiger partial charge in [-0.2, -0.15) is 0 Å². The topological polar surface area (TPSA) is 66.5 Å². The van der Waals surface area contributed by atoms with Gasteiger partial charge in [-0.15, -0.1) is 0 Å². The summed E-state index contributed by atoms with van der Waals surface area (Å²) in [6.45, 7) is 3.61. The highest BCUT2D eigenvalue weighted by Gasteiger charge is 2.31. The van der Waals surface area contributed by atoms with E-state index in [1.807, 2.05) is 31.2 Å². The Labute approximate surface area is 119 Å². The number of amides is 1. The fraction of sp³-hybridized carbons (Fsp3) is 0.357. The molecule has 0 spiro atoms. The molecule has 2 rings (SSSR count). The van der Waals surface area contributed by atoms with Crippen LogP contribution in [-0.4, -0.2) is 33.2 Å². The van der Waals surface area contributed by atoms with E-state index in [0.717, 1.165) is 11.1 Å². The standard InChI is InChI=1S/C14H18N2O3S/c1-10-13(9-15-11(2)17)8-12-6-4-5-7-14(12)16(10)20(3,18)19/h4-8,10H,9H2,1-3H3,(H,15,17)/t10-/m1/s1. The number of carbonyl (C=O) groups excluding carboxylic acids is 1. The normalized spacial score (nSPS) is 18.2. The summed E-state index contributed by atoms with van der Waals surface area (Å²) in [6.07, 6.45) is 3.14. The van der Waals surface area contributed by atoms with Gasteiger partial charge in [0.15, 0.2) is 0 Å². The first-order valence-corrected chi connectivity index (χ1v) is 8.19. The van der Waals surface area contributed by atoms with Gasteiger partial charge >= 0.3 is 0 Å². The maximum atomic E-state index is 12.1. The molecule has 1 aliphatic rings. The van der Waals surface area contributed by atoms with Gasteiger partial charge in [0, 0.05) is 13.5 Å². The molecule has 1 atom stereocenters. The van der Waals surface area contributed by atoms with E-state index in [-0.39, 0.29) is 11.9 Å². The van der Waals surface area contributed by atoms with E-state index >= 15 is 0 Å². The van der Waals surface area contributed by atoms with Gasteiger partial charge in [-0.25, -0.2) is 8.42 Å². The van der Waals surface area contributed by atoms with Crippen molar-refractivity contribution >= 4 is 27.7 Å². The lowest BCUT2D eigenvalue weighted by atomic mass is 9.98. The Morgan fingerprint density at radius 3 is 2.60 bits per heavy atom. The molecule has 1 aliphatic heterocycles. The summed E-state index contributed by atoms with van der Waals surface area (Å²) in [5.41, 5.74) is 2.38. The Morgan fingerprint density at radius 2 is 2.00 bits per heavy atom. The molecular weight excluding hydrogens is 276 g/mol. The molecule has 1 aromatic carbocycles. The molecule has 0 radical (unpaired) electrons. The molecular formula is C14H18N2O3S. The predicted molar refractivity (Wildman–Crippen MR) is 79.9 cm³/mol. The van der Waals surface area contributed by atoms with Crippen molar-refractivity contribution in [3.8, 4) is 0 Å². The van der Waals surface area contributed by atoms with Crippen LogP contribution >= 0.6 is 0 Å². The summed E-state index contributed by atoms with van der Waals surface area (Å²) in [7, 11) is -3.38. The fourth-order valence-corrected chi connectivity index (χ4v) is 3.61. The summed E-state index contributed by atoms with van der Waals surface area (Å²) in [4.78, 5) is 11.0. The lowest BCUT2D eigenvalue weighted by Gasteiger charge is -2.35. The first-order chi connectivity index (χ1) is 9.30. The van der Waals surface area contributed by atoms with Crippen molar-refractivity contribution in [2.24, 2.45) is 0 Å². The minimum Gasteiger partial charge on any atom is -0.353 e. The van der Waals surface area contributed by atoms with Crippen molar-refractivity contribution in [3.63, 3.8) is 0 Å². The highest BCUT2D eigenvalue weighted by molar-refractivity contribution is 7.92. The van der Waals surface area contributed by atoms with Crippen LogP contribution in [0.4, 0.5) is 5.69 Å². The van der Waals surface area contributed by atoms with E-state index in [1.54, 1.807) is 6.07 Å². The third-order valence-corrected chi connectivity index (χ3v) is 4.53. The number of rotatable bonds is 3. The van der Waals surface area contributed by atoms with Gasteiger partial charge < -0.3 is 5.32 Å². The van der Waals surface area contributed by atoms with Gasteiger partial charge in [-0.05, 0) is 30.2 Å². The molecule has 6 heteroatoms. The maximum absolute atomic E-state index is 12.1. The average Bonchev–Trinajstić information content (AvgIpc) is 2.34. The van der Waals surface area contributed by atoms with Crippen LogP contribution in [0.2, 0.25) is 0 Å². The van der Waals surface area contributed by atoms with Gasteiger partial charge in [0.05, 0.1) is 18.0 Å². The zero-order valence-corrected chi connectivity index (χ0v) is 12.6. The molecule has 1 amide bonds. The molecule has 1 aromatic rings. The molecule has 20 heavy (non-hydrogen) atoms. The van der Waals surface area contributed by atoms with Gasteiger partial charge in [0.2, 0.25) is 15.9 Å². The lowest BCUT2D eigenvalue weighted by Crippen LogP contribution is -2.43. The second-order valence-electron chi connectivity index (χ2n) is 4.92. The van der Waals surface area contributed by atoms with Crippen LogP contribution in [0, 0.1) is 0 Å². The Morgan fingerprint density at radius 1 is 1.35 bits per heavy atom. The van der Waals surface area contributed by atoms with Gasteiger partial charge in [-0.3, -0.25) is 9.10 Å². The minimum absolute atomic E-state index is 0.136. The number of benzene rings is 1. The van der Waals surface area contributed by atoms with E-state index in [1.165, 1.54) is 17.5 Å². The van der Waals surface area contributed by atoms with Crippen LogP contribution in [-0.2, 0) is 14.8 Å². The number of sulfonamides is 1. The van der Waals surface area contributed by atoms with E-state index < -0.39 is 10.0 Å². The van der Waals surface area contributed by atoms with Crippen molar-refractivity contribution in [1.29, 1.82) is 0 Å². The summed E-state index contributed by atoms with van der Waals surface area (Å²) >= 11 is 0. The number of fused-ring (bicyclic) bond motifs is 1. The van der Waals surface area contributed by atoms with E-state index in [0.29, 0.717) is 12.2 Å². The average molecular weight is 294 g/mol. The molecule has 0 saturated carbocycles. The number of para-hydroxylation sites is 1. The number of hydrogen-bond donors (Lipinski definition) is 1. The summed E-state index contributed by atoms with van der Waals surface area (Å²) < 4.78 is 25.5. The number of nitrogens with zero attached hydrogens (tertiary/aromatic N) is 1. The first-order valence-electron chi connectivity index (χ1n) is 6.34. The van der Waals surface area contributed by atoms with Gasteiger partial charge in [0.1, 0.15) is 0 Å². The zero-order valence-electron chi connectivity index (χ0n) is 11.8. The smallest absolute Gasteiger partial charge is 0.232 e. The lowest BCUT2D eigenvalue weighted by molar-refractivity contribution is -0.118. The molecule has 0 bridgehead atoms. The van der Waals surface area contributed by atoms with Crippen molar-refractivity contribution in [2.75, 3.05) is 17.1 Å². The van der Waals surface area contributed by atoms with Crippen LogP contribution in [0.5, 0.6) is 0 Å². The number of hydrogen-bond acceptors (Lipinski definition) is 3. The van der Waals surface area contributed by atoms with Gasteiger partial charge in [-0.1, -0.05) is 18.2 Å². The number of anilines is 1. The van der Waals surface area contributed by atoms with E-state index in [2.05, 4.69) is 5.32 Å². The Balaban J connectivity index is 2.47. The summed E-state index contributed by atoms with van der Waals surface area (Å²) in [6, 6.07) is 7.02. The second kappa shape index (κ2) is 5.28. The van der Waals surface area contributed by atoms with Crippen LogP contribution in [0.15, 0.2) is 29.8 Å². The van der Waals surface area contributed by atoms with E-state index in [9.17, 15) is 13.2 Å². The minimum atomic E-state index is -3.38. The SMILES string of the molecule is CC(=O)NCC1=Cc2ccccc2N(S(C)(=O)=O)[C@@H]1C. The summed E-state index contributed by atoms with van der Waals surface area (Å²) in [5, 5.41) is 2.72. The largest absolute Gasteiger partial charge is 0.353 e. The monoisotopic (exact) mass is 294 g/mol. The molecule has 0 aliphatic carbocycles. The molecule has 0 aromatic heterocycles. The molecule has 0 fully saturated rings. The quantitative estimate of drug-likeness (QED) is 0.915. The molecule has 108 valence electrons. The molecule has 5 nitrogen and oxygen atoms in total. The fourth-order valence-electron chi connectivity index (χ4n) is 2.38. The zero-order chi connectivity index (χ0) is 14.9. The molecule has 0 saturated heterocycles. The molecule has 0 unspecified atom stereocenters. The molecule has 1 N–H and O–H groups in total. The third-order valence-electron chi connectivity index (χ3n) is 3.30. The number of carbonyl (C=O) groups is 1. The van der Waals surface area contributed by atoms with Crippen molar-refractivity contribution in [1.82, 2.24) is 5.32 Å². The second-order valence-corrected chi connectivity index (χ2v) is 6.78. The van der Waals surface area contributed by atoms with E-state index in [4.69, 9.17) is 0 Å². The summed E-state index contributed by atoms with van der Waals surface area (Å²) in [5.74, 6) is -0.136. The Bertz CT molecular complexity index is 665. The van der Waals surface area contributed by atoms with Crippen molar-refractivity contribution < 1.29 is 13.2 Å². The van der Waals surface area contributed by atoms with Crippen molar-refractivity contribution in [3.05, 3.63) is 35.4 Å². The van der Waals surface area contributed by atoms with Crippen LogP contribution < -0.4 is 9.62 Å². The Kier molecular flexibility index (Phi) is 3.85. The molecule has 1 heterocycles. The van der Waals surface area contributed by atoms with Crippen molar-refractivity contribution in [2.45, 2.75) is 19.9 Å². The first kappa shape index (κ1) is 14.6. The van der Waals surface area contributed by atoms with Crippen LogP contribution in [0.25, 0.3) is 6.08 Å². The maximum Gasteiger partial charge on any atom is 0.232 e. The predicted octanol–water partition coefficient (Wildman–Crippen LogP) is 1.37. The third kappa shape index (κ3) is 2.85.